The Labute approximate surface area is 84.0 Å². The molecule has 1 aromatic heterocycles. The second-order valence-electron chi connectivity index (χ2n) is 2.52. The number of carboxylic acid groups (broad SMARTS) is 1. The first-order chi connectivity index (χ1) is 6.65. The van der Waals surface area contributed by atoms with Gasteiger partial charge in [0.1, 0.15) is 0 Å². The number of carboxylic acids is 1. The van der Waals surface area contributed by atoms with Gasteiger partial charge < -0.3 is 15.5 Å². The van der Waals surface area contributed by atoms with Gasteiger partial charge in [0, 0.05) is 0 Å². The fourth-order valence-electron chi connectivity index (χ4n) is 0.823. The minimum Gasteiger partial charge on any atom is -0.480 e. The summed E-state index contributed by atoms with van der Waals surface area (Å²) in [5.74, 6) is -1.74. The van der Waals surface area contributed by atoms with Crippen molar-refractivity contribution >= 4 is 23.2 Å². The van der Waals surface area contributed by atoms with Crippen molar-refractivity contribution < 1.29 is 19.8 Å². The van der Waals surface area contributed by atoms with Crippen LogP contribution in [0.2, 0.25) is 0 Å². The quantitative estimate of drug-likeness (QED) is 0.655. The van der Waals surface area contributed by atoms with E-state index in [0.29, 0.717) is 4.88 Å². The molecule has 6 heteroatoms. The molecule has 1 heterocycles. The van der Waals surface area contributed by atoms with Gasteiger partial charge in [0.15, 0.2) is 6.04 Å². The first kappa shape index (κ1) is 10.7. The number of amides is 1. The van der Waals surface area contributed by atoms with E-state index in [9.17, 15) is 9.59 Å². The van der Waals surface area contributed by atoms with Crippen LogP contribution in [0.1, 0.15) is 9.67 Å². The highest BCUT2D eigenvalue weighted by molar-refractivity contribution is 7.12. The molecule has 76 valence electrons. The van der Waals surface area contributed by atoms with Crippen LogP contribution in [0.25, 0.3) is 0 Å². The van der Waals surface area contributed by atoms with Crippen LogP contribution in [0.4, 0.5) is 0 Å². The molecule has 0 aromatic carbocycles. The molecule has 0 spiro atoms. The van der Waals surface area contributed by atoms with Gasteiger partial charge in [0.25, 0.3) is 5.91 Å². The van der Waals surface area contributed by atoms with Crippen LogP contribution in [-0.2, 0) is 4.79 Å². The molecule has 14 heavy (non-hydrogen) atoms. The summed E-state index contributed by atoms with van der Waals surface area (Å²) in [5, 5.41) is 21.1. The number of thiophene rings is 1. The lowest BCUT2D eigenvalue weighted by molar-refractivity contribution is -0.140. The van der Waals surface area contributed by atoms with Crippen LogP contribution in [-0.4, -0.2) is 34.7 Å². The van der Waals surface area contributed by atoms with Crippen molar-refractivity contribution in [1.82, 2.24) is 5.32 Å². The first-order valence-corrected chi connectivity index (χ1v) is 4.71. The summed E-state index contributed by atoms with van der Waals surface area (Å²) < 4.78 is 0. The second kappa shape index (κ2) is 4.73. The molecule has 3 N–H and O–H groups in total. The fraction of sp³-hybridized carbons (Fsp3) is 0.250. The predicted octanol–water partition coefficient (Wildman–Crippen LogP) is -0.0766. The average Bonchev–Trinajstić information content (AvgIpc) is 2.65. The van der Waals surface area contributed by atoms with Crippen LogP contribution in [0.15, 0.2) is 17.5 Å². The Hall–Kier alpha value is -1.40. The summed E-state index contributed by atoms with van der Waals surface area (Å²) >= 11 is 1.21. The smallest absolute Gasteiger partial charge is 0.328 e. The van der Waals surface area contributed by atoms with Gasteiger partial charge in [0.2, 0.25) is 0 Å². The van der Waals surface area contributed by atoms with Crippen molar-refractivity contribution in [3.05, 3.63) is 22.4 Å². The Morgan fingerprint density at radius 1 is 1.57 bits per heavy atom. The largest absolute Gasteiger partial charge is 0.480 e. The summed E-state index contributed by atoms with van der Waals surface area (Å²) in [6.07, 6.45) is 0. The average molecular weight is 215 g/mol. The van der Waals surface area contributed by atoms with Gasteiger partial charge >= 0.3 is 5.97 Å². The molecule has 1 amide bonds. The zero-order valence-corrected chi connectivity index (χ0v) is 7.95. The van der Waals surface area contributed by atoms with Gasteiger partial charge in [-0.25, -0.2) is 4.79 Å². The van der Waals surface area contributed by atoms with Crippen molar-refractivity contribution in [2.24, 2.45) is 0 Å². The molecule has 0 fully saturated rings. The Kier molecular flexibility index (Phi) is 3.61. The van der Waals surface area contributed by atoms with Crippen LogP contribution >= 0.6 is 11.3 Å². The van der Waals surface area contributed by atoms with Crippen molar-refractivity contribution in [3.63, 3.8) is 0 Å². The van der Waals surface area contributed by atoms with E-state index in [-0.39, 0.29) is 0 Å². The van der Waals surface area contributed by atoms with Gasteiger partial charge in [-0.2, -0.15) is 0 Å². The van der Waals surface area contributed by atoms with E-state index in [4.69, 9.17) is 10.2 Å². The molecular weight excluding hydrogens is 206 g/mol. The summed E-state index contributed by atoms with van der Waals surface area (Å²) in [5.41, 5.74) is 0. The van der Waals surface area contributed by atoms with Crippen molar-refractivity contribution in [2.45, 2.75) is 6.04 Å². The molecule has 0 saturated carbocycles. The zero-order chi connectivity index (χ0) is 10.6. The van der Waals surface area contributed by atoms with Crippen LogP contribution in [0.5, 0.6) is 0 Å². The fourth-order valence-corrected chi connectivity index (χ4v) is 1.45. The Morgan fingerprint density at radius 3 is 2.71 bits per heavy atom. The van der Waals surface area contributed by atoms with Crippen molar-refractivity contribution in [2.75, 3.05) is 6.61 Å². The van der Waals surface area contributed by atoms with Gasteiger partial charge in [-0.3, -0.25) is 4.79 Å². The van der Waals surface area contributed by atoms with Gasteiger partial charge in [-0.05, 0) is 11.4 Å². The normalized spacial score (nSPS) is 12.1. The first-order valence-electron chi connectivity index (χ1n) is 3.83. The van der Waals surface area contributed by atoms with Gasteiger partial charge in [0.05, 0.1) is 11.5 Å². The zero-order valence-electron chi connectivity index (χ0n) is 7.14. The number of carbonyl (C=O) groups excluding carboxylic acids is 1. The molecule has 0 bridgehead atoms. The molecule has 5 nitrogen and oxygen atoms in total. The molecule has 1 aromatic rings. The summed E-state index contributed by atoms with van der Waals surface area (Å²) in [7, 11) is 0. The van der Waals surface area contributed by atoms with Gasteiger partial charge in [-0.1, -0.05) is 6.07 Å². The summed E-state index contributed by atoms with van der Waals surface area (Å²) in [6, 6.07) is 2.02. The topological polar surface area (TPSA) is 86.6 Å². The molecule has 1 atom stereocenters. The van der Waals surface area contributed by atoms with Crippen molar-refractivity contribution in [1.29, 1.82) is 0 Å². The highest BCUT2D eigenvalue weighted by atomic mass is 32.1. The second-order valence-corrected chi connectivity index (χ2v) is 3.47. The minimum atomic E-state index is -1.25. The minimum absolute atomic E-state index is 0.421. The number of hydrogen-bond donors (Lipinski definition) is 3. The number of aliphatic carboxylic acids is 1. The number of carbonyl (C=O) groups is 2. The number of rotatable bonds is 4. The number of aliphatic hydroxyl groups is 1. The van der Waals surface area contributed by atoms with Crippen LogP contribution < -0.4 is 5.32 Å². The number of hydrogen-bond acceptors (Lipinski definition) is 4. The summed E-state index contributed by atoms with van der Waals surface area (Å²) in [6.45, 7) is -0.619. The van der Waals surface area contributed by atoms with E-state index in [1.165, 1.54) is 11.3 Å². The molecule has 0 saturated heterocycles. The van der Waals surface area contributed by atoms with E-state index < -0.39 is 24.5 Å². The third kappa shape index (κ3) is 2.54. The summed E-state index contributed by atoms with van der Waals surface area (Å²) in [4.78, 5) is 22.2. The van der Waals surface area contributed by atoms with E-state index in [2.05, 4.69) is 5.32 Å². The monoisotopic (exact) mass is 215 g/mol. The Morgan fingerprint density at radius 2 is 2.29 bits per heavy atom. The third-order valence-electron chi connectivity index (χ3n) is 1.53. The lowest BCUT2D eigenvalue weighted by Gasteiger charge is -2.09. The number of nitrogens with one attached hydrogen (secondary N) is 1. The molecule has 0 aliphatic heterocycles. The molecule has 0 radical (unpaired) electrons. The van der Waals surface area contributed by atoms with Crippen molar-refractivity contribution in [3.8, 4) is 0 Å². The highest BCUT2D eigenvalue weighted by Crippen LogP contribution is 2.07. The number of aliphatic hydroxyl groups excluding tert-OH is 1. The lowest BCUT2D eigenvalue weighted by atomic mass is 10.3. The standard InChI is InChI=1S/C8H9NO4S/c10-4-5(8(12)13)9-7(11)6-2-1-3-14-6/h1-3,5,10H,4H2,(H,9,11)(H,12,13)/t5-/m1/s1. The SMILES string of the molecule is O=C(N[C@H](CO)C(=O)O)c1cccs1. The van der Waals surface area contributed by atoms with Crippen LogP contribution in [0, 0.1) is 0 Å². The molecular formula is C8H9NO4S. The Bertz CT molecular complexity index is 322. The molecule has 0 aliphatic carbocycles. The van der Waals surface area contributed by atoms with E-state index >= 15 is 0 Å². The molecule has 0 unspecified atom stereocenters. The Balaban J connectivity index is 2.60. The predicted molar refractivity (Wildman–Crippen MR) is 50.3 cm³/mol. The van der Waals surface area contributed by atoms with E-state index in [1.54, 1.807) is 17.5 Å². The maximum Gasteiger partial charge on any atom is 0.328 e. The molecule has 0 aliphatic rings. The maximum absolute atomic E-state index is 11.3. The maximum atomic E-state index is 11.3. The highest BCUT2D eigenvalue weighted by Gasteiger charge is 2.19. The van der Waals surface area contributed by atoms with Gasteiger partial charge in [-0.15, -0.1) is 11.3 Å². The van der Waals surface area contributed by atoms with Crippen LogP contribution in [0.3, 0.4) is 0 Å². The van der Waals surface area contributed by atoms with E-state index in [1.807, 2.05) is 0 Å². The molecule has 1 rings (SSSR count). The third-order valence-corrected chi connectivity index (χ3v) is 2.40. The van der Waals surface area contributed by atoms with E-state index in [0.717, 1.165) is 0 Å². The lowest BCUT2D eigenvalue weighted by Crippen LogP contribution is -2.43.